The molecule has 1 N–H and O–H groups in total. The van der Waals surface area contributed by atoms with E-state index in [9.17, 15) is 13.2 Å². The van der Waals surface area contributed by atoms with Gasteiger partial charge in [-0.05, 0) is 25.0 Å². The third kappa shape index (κ3) is 3.72. The minimum atomic E-state index is -3.01. The van der Waals surface area contributed by atoms with E-state index < -0.39 is 9.84 Å². The van der Waals surface area contributed by atoms with Crippen LogP contribution in [0.1, 0.15) is 30.1 Å². The van der Waals surface area contributed by atoms with Gasteiger partial charge in [-0.1, -0.05) is 6.92 Å². The molecular weight excluding hydrogens is 290 g/mol. The molecule has 1 unspecified atom stereocenters. The maximum absolute atomic E-state index is 12.6. The fraction of sp³-hybridized carbons (Fsp3) is 0.571. The van der Waals surface area contributed by atoms with E-state index in [-0.39, 0.29) is 23.5 Å². The zero-order chi connectivity index (χ0) is 15.5. The first-order chi connectivity index (χ1) is 9.94. The van der Waals surface area contributed by atoms with E-state index in [4.69, 9.17) is 0 Å². The quantitative estimate of drug-likeness (QED) is 0.883. The molecule has 1 saturated heterocycles. The number of hydrogen-bond donors (Lipinski definition) is 1. The van der Waals surface area contributed by atoms with Crippen molar-refractivity contribution in [1.82, 2.24) is 9.88 Å². The SMILES string of the molecule is CCCNc1ncccc1C(=O)N(C)C1CCS(=O)(=O)C1. The summed E-state index contributed by atoms with van der Waals surface area (Å²) < 4.78 is 23.1. The maximum Gasteiger partial charge on any atom is 0.257 e. The van der Waals surface area contributed by atoms with Gasteiger partial charge in [0.1, 0.15) is 5.82 Å². The van der Waals surface area contributed by atoms with E-state index >= 15 is 0 Å². The number of hydrogen-bond acceptors (Lipinski definition) is 5. The number of pyridine rings is 1. The summed E-state index contributed by atoms with van der Waals surface area (Å²) in [7, 11) is -1.35. The molecule has 0 aliphatic carbocycles. The van der Waals surface area contributed by atoms with Crippen LogP contribution < -0.4 is 5.32 Å². The lowest BCUT2D eigenvalue weighted by atomic mass is 10.1. The first kappa shape index (κ1) is 15.8. The molecule has 0 saturated carbocycles. The number of anilines is 1. The maximum atomic E-state index is 12.6. The van der Waals surface area contributed by atoms with Crippen LogP contribution in [0, 0.1) is 0 Å². The molecule has 1 atom stereocenters. The van der Waals surface area contributed by atoms with Crippen LogP contribution in [0.2, 0.25) is 0 Å². The Morgan fingerprint density at radius 1 is 1.52 bits per heavy atom. The molecule has 0 radical (unpaired) electrons. The molecule has 2 rings (SSSR count). The predicted octanol–water partition coefficient (Wildman–Crippen LogP) is 1.16. The Morgan fingerprint density at radius 3 is 2.90 bits per heavy atom. The molecule has 0 spiro atoms. The number of carbonyl (C=O) groups is 1. The Balaban J connectivity index is 2.16. The van der Waals surface area contributed by atoms with E-state index in [2.05, 4.69) is 10.3 Å². The van der Waals surface area contributed by atoms with Crippen LogP contribution in [0.25, 0.3) is 0 Å². The van der Waals surface area contributed by atoms with Gasteiger partial charge >= 0.3 is 0 Å². The highest BCUT2D eigenvalue weighted by Gasteiger charge is 2.33. The number of amides is 1. The predicted molar refractivity (Wildman–Crippen MR) is 82.2 cm³/mol. The Bertz CT molecular complexity index is 616. The van der Waals surface area contributed by atoms with Gasteiger partial charge in [0.25, 0.3) is 5.91 Å². The van der Waals surface area contributed by atoms with Crippen molar-refractivity contribution in [3.8, 4) is 0 Å². The monoisotopic (exact) mass is 311 g/mol. The van der Waals surface area contributed by atoms with Gasteiger partial charge in [-0.25, -0.2) is 13.4 Å². The summed E-state index contributed by atoms with van der Waals surface area (Å²) >= 11 is 0. The Hall–Kier alpha value is -1.63. The normalized spacial score (nSPS) is 20.2. The highest BCUT2D eigenvalue weighted by Crippen LogP contribution is 2.20. The second-order valence-electron chi connectivity index (χ2n) is 5.30. The van der Waals surface area contributed by atoms with Gasteiger partial charge < -0.3 is 10.2 Å². The van der Waals surface area contributed by atoms with E-state index in [1.54, 1.807) is 25.4 Å². The fourth-order valence-corrected chi connectivity index (χ4v) is 4.17. The molecule has 1 amide bonds. The summed E-state index contributed by atoms with van der Waals surface area (Å²) in [6.45, 7) is 2.77. The zero-order valence-electron chi connectivity index (χ0n) is 12.4. The molecule has 2 heterocycles. The van der Waals surface area contributed by atoms with Crippen LogP contribution in [0.3, 0.4) is 0 Å². The van der Waals surface area contributed by atoms with Gasteiger partial charge in [0.15, 0.2) is 9.84 Å². The van der Waals surface area contributed by atoms with Crippen LogP contribution >= 0.6 is 0 Å². The smallest absolute Gasteiger partial charge is 0.257 e. The highest BCUT2D eigenvalue weighted by molar-refractivity contribution is 7.91. The summed E-state index contributed by atoms with van der Waals surface area (Å²) in [5, 5.41) is 3.13. The Kier molecular flexibility index (Phi) is 4.82. The van der Waals surface area contributed by atoms with Crippen LogP contribution in [0.5, 0.6) is 0 Å². The lowest BCUT2D eigenvalue weighted by Crippen LogP contribution is -2.38. The summed E-state index contributed by atoms with van der Waals surface area (Å²) in [6, 6.07) is 3.18. The molecule has 0 aromatic carbocycles. The lowest BCUT2D eigenvalue weighted by molar-refractivity contribution is 0.0748. The average Bonchev–Trinajstić information content (AvgIpc) is 2.84. The third-order valence-corrected chi connectivity index (χ3v) is 5.41. The van der Waals surface area contributed by atoms with Crippen LogP contribution in [-0.4, -0.2) is 55.3 Å². The molecule has 116 valence electrons. The van der Waals surface area contributed by atoms with Gasteiger partial charge in [-0.3, -0.25) is 4.79 Å². The van der Waals surface area contributed by atoms with Gasteiger partial charge in [-0.2, -0.15) is 0 Å². The van der Waals surface area contributed by atoms with Gasteiger partial charge in [-0.15, -0.1) is 0 Å². The topological polar surface area (TPSA) is 79.4 Å². The molecule has 0 bridgehead atoms. The third-order valence-electron chi connectivity index (χ3n) is 3.66. The first-order valence-electron chi connectivity index (χ1n) is 7.11. The van der Waals surface area contributed by atoms with Gasteiger partial charge in [0.05, 0.1) is 17.1 Å². The summed E-state index contributed by atoms with van der Waals surface area (Å²) in [4.78, 5) is 18.3. The van der Waals surface area contributed by atoms with Crippen molar-refractivity contribution >= 4 is 21.6 Å². The zero-order valence-corrected chi connectivity index (χ0v) is 13.2. The minimum Gasteiger partial charge on any atom is -0.369 e. The van der Waals surface area contributed by atoms with Crippen molar-refractivity contribution in [2.45, 2.75) is 25.8 Å². The molecular formula is C14H21N3O3S. The highest BCUT2D eigenvalue weighted by atomic mass is 32.2. The van der Waals surface area contributed by atoms with Crippen molar-refractivity contribution in [2.75, 3.05) is 30.4 Å². The van der Waals surface area contributed by atoms with E-state index in [1.807, 2.05) is 6.92 Å². The number of rotatable bonds is 5. The molecule has 6 nitrogen and oxygen atoms in total. The molecule has 1 fully saturated rings. The number of nitrogens with zero attached hydrogens (tertiary/aromatic N) is 2. The summed E-state index contributed by atoms with van der Waals surface area (Å²) in [6.07, 6.45) is 3.07. The number of sulfone groups is 1. The van der Waals surface area contributed by atoms with Crippen molar-refractivity contribution in [3.63, 3.8) is 0 Å². The molecule has 7 heteroatoms. The van der Waals surface area contributed by atoms with Gasteiger partial charge in [0, 0.05) is 25.8 Å². The largest absolute Gasteiger partial charge is 0.369 e. The van der Waals surface area contributed by atoms with Crippen molar-refractivity contribution < 1.29 is 13.2 Å². The fourth-order valence-electron chi connectivity index (χ4n) is 2.40. The average molecular weight is 311 g/mol. The summed E-state index contributed by atoms with van der Waals surface area (Å²) in [5.74, 6) is 0.567. The molecule has 1 aliphatic heterocycles. The Morgan fingerprint density at radius 2 is 2.29 bits per heavy atom. The van der Waals surface area contributed by atoms with E-state index in [0.29, 0.717) is 17.8 Å². The summed E-state index contributed by atoms with van der Waals surface area (Å²) in [5.41, 5.74) is 0.484. The van der Waals surface area contributed by atoms with Crippen molar-refractivity contribution in [1.29, 1.82) is 0 Å². The standard InChI is InChI=1S/C14H21N3O3S/c1-3-7-15-13-12(5-4-8-16-13)14(18)17(2)11-6-9-21(19,20)10-11/h4-5,8,11H,3,6-7,9-10H2,1-2H3,(H,15,16). The molecule has 1 aromatic rings. The van der Waals surface area contributed by atoms with Crippen LogP contribution in [0.4, 0.5) is 5.82 Å². The van der Waals surface area contributed by atoms with Crippen LogP contribution in [-0.2, 0) is 9.84 Å². The lowest BCUT2D eigenvalue weighted by Gasteiger charge is -2.24. The number of carbonyl (C=O) groups excluding carboxylic acids is 1. The van der Waals surface area contributed by atoms with Crippen molar-refractivity contribution in [3.05, 3.63) is 23.9 Å². The van der Waals surface area contributed by atoms with Crippen molar-refractivity contribution in [2.24, 2.45) is 0 Å². The van der Waals surface area contributed by atoms with E-state index in [1.165, 1.54) is 4.90 Å². The number of nitrogens with one attached hydrogen (secondary N) is 1. The second kappa shape index (κ2) is 6.43. The molecule has 1 aliphatic rings. The van der Waals surface area contributed by atoms with E-state index in [0.717, 1.165) is 13.0 Å². The Labute approximate surface area is 125 Å². The number of aromatic nitrogens is 1. The molecule has 1 aromatic heterocycles. The second-order valence-corrected chi connectivity index (χ2v) is 7.53. The first-order valence-corrected chi connectivity index (χ1v) is 8.93. The minimum absolute atomic E-state index is 0.0488. The van der Waals surface area contributed by atoms with Gasteiger partial charge in [0.2, 0.25) is 0 Å². The van der Waals surface area contributed by atoms with Crippen LogP contribution in [0.15, 0.2) is 18.3 Å². The molecule has 21 heavy (non-hydrogen) atoms.